The van der Waals surface area contributed by atoms with Crippen LogP contribution < -0.4 is 5.32 Å². The van der Waals surface area contributed by atoms with Crippen LogP contribution in [0.3, 0.4) is 0 Å². The van der Waals surface area contributed by atoms with E-state index in [1.54, 1.807) is 0 Å². The monoisotopic (exact) mass is 342 g/mol. The predicted octanol–water partition coefficient (Wildman–Crippen LogP) is 2.75. The van der Waals surface area contributed by atoms with Crippen molar-refractivity contribution >= 4 is 40.9 Å². The first-order chi connectivity index (χ1) is 10.2. The lowest BCUT2D eigenvalue weighted by Gasteiger charge is -2.19. The van der Waals surface area contributed by atoms with Crippen LogP contribution in [0.1, 0.15) is 41.5 Å². The highest BCUT2D eigenvalue weighted by Gasteiger charge is 2.37. The fourth-order valence-corrected chi connectivity index (χ4v) is 2.36. The first kappa shape index (κ1) is 16.8. The number of benzene rings is 1. The van der Waals surface area contributed by atoms with Gasteiger partial charge in [-0.1, -0.05) is 37.0 Å². The first-order valence-corrected chi connectivity index (χ1v) is 7.62. The molecule has 3 amide bonds. The van der Waals surface area contributed by atoms with Crippen LogP contribution in [0.4, 0.5) is 0 Å². The standard InChI is InChI=1S/C15H16Cl2N2O3/c1-7(2)8(3)18-13(20)6-19-14(21)9-4-11(16)12(17)5-10(9)15(19)22/h4-5,7-8H,6H2,1-3H3,(H,18,20). The van der Waals surface area contributed by atoms with Crippen molar-refractivity contribution in [3.63, 3.8) is 0 Å². The molecule has 7 heteroatoms. The van der Waals surface area contributed by atoms with Gasteiger partial charge in [0.2, 0.25) is 5.91 Å². The van der Waals surface area contributed by atoms with Crippen molar-refractivity contribution in [2.75, 3.05) is 6.54 Å². The fourth-order valence-electron chi connectivity index (χ4n) is 2.04. The average molecular weight is 343 g/mol. The van der Waals surface area contributed by atoms with Gasteiger partial charge in [0.05, 0.1) is 21.2 Å². The minimum atomic E-state index is -0.536. The highest BCUT2D eigenvalue weighted by Crippen LogP contribution is 2.31. The van der Waals surface area contributed by atoms with Crippen molar-refractivity contribution in [1.29, 1.82) is 0 Å². The molecular weight excluding hydrogens is 327 g/mol. The second-order valence-electron chi connectivity index (χ2n) is 5.61. The van der Waals surface area contributed by atoms with Crippen molar-refractivity contribution < 1.29 is 14.4 Å². The van der Waals surface area contributed by atoms with E-state index in [-0.39, 0.29) is 45.6 Å². The molecule has 0 radical (unpaired) electrons. The highest BCUT2D eigenvalue weighted by atomic mass is 35.5. The molecule has 0 saturated carbocycles. The van der Waals surface area contributed by atoms with Crippen molar-refractivity contribution in [3.8, 4) is 0 Å². The normalized spacial score (nSPS) is 15.3. The summed E-state index contributed by atoms with van der Waals surface area (Å²) in [7, 11) is 0. The van der Waals surface area contributed by atoms with Crippen molar-refractivity contribution in [2.45, 2.75) is 26.8 Å². The van der Waals surface area contributed by atoms with Crippen LogP contribution in [0, 0.1) is 5.92 Å². The number of amides is 3. The van der Waals surface area contributed by atoms with Crippen LogP contribution in [0.5, 0.6) is 0 Å². The zero-order chi connectivity index (χ0) is 16.6. The largest absolute Gasteiger partial charge is 0.352 e. The minimum absolute atomic E-state index is 0.0495. The Hall–Kier alpha value is -1.59. The summed E-state index contributed by atoms with van der Waals surface area (Å²) in [5, 5.41) is 3.15. The molecule has 1 unspecified atom stereocenters. The number of carbonyl (C=O) groups is 3. The van der Waals surface area contributed by atoms with Gasteiger partial charge in [-0.05, 0) is 25.0 Å². The Morgan fingerprint density at radius 2 is 1.55 bits per heavy atom. The Morgan fingerprint density at radius 3 is 1.95 bits per heavy atom. The quantitative estimate of drug-likeness (QED) is 0.855. The molecule has 0 saturated heterocycles. The van der Waals surface area contributed by atoms with Gasteiger partial charge in [-0.15, -0.1) is 0 Å². The molecule has 118 valence electrons. The van der Waals surface area contributed by atoms with Gasteiger partial charge in [-0.3, -0.25) is 19.3 Å². The Morgan fingerprint density at radius 1 is 1.09 bits per heavy atom. The second-order valence-corrected chi connectivity index (χ2v) is 6.42. The minimum Gasteiger partial charge on any atom is -0.352 e. The van der Waals surface area contributed by atoms with E-state index in [1.165, 1.54) is 12.1 Å². The molecule has 0 spiro atoms. The van der Waals surface area contributed by atoms with E-state index in [1.807, 2.05) is 20.8 Å². The topological polar surface area (TPSA) is 66.5 Å². The molecule has 0 fully saturated rings. The summed E-state index contributed by atoms with van der Waals surface area (Å²) in [6.07, 6.45) is 0. The summed E-state index contributed by atoms with van der Waals surface area (Å²) in [5.74, 6) is -1.20. The fraction of sp³-hybridized carbons (Fsp3) is 0.400. The van der Waals surface area contributed by atoms with Gasteiger partial charge in [-0.2, -0.15) is 0 Å². The molecule has 1 aromatic carbocycles. The maximum Gasteiger partial charge on any atom is 0.262 e. The first-order valence-electron chi connectivity index (χ1n) is 6.87. The van der Waals surface area contributed by atoms with Crippen LogP contribution in [0.25, 0.3) is 0 Å². The molecule has 0 aromatic heterocycles. The summed E-state index contributed by atoms with van der Waals surface area (Å²) in [5.41, 5.74) is 0.341. The molecule has 1 N–H and O–H groups in total. The molecule has 1 aromatic rings. The van der Waals surface area contributed by atoms with Crippen LogP contribution in [0.2, 0.25) is 10.0 Å². The third-order valence-electron chi connectivity index (χ3n) is 3.70. The maximum atomic E-state index is 12.2. The highest BCUT2D eigenvalue weighted by molar-refractivity contribution is 6.43. The van der Waals surface area contributed by atoms with E-state index in [0.29, 0.717) is 0 Å². The lowest BCUT2D eigenvalue weighted by Crippen LogP contribution is -2.44. The van der Waals surface area contributed by atoms with Crippen LogP contribution in [-0.4, -0.2) is 35.2 Å². The summed E-state index contributed by atoms with van der Waals surface area (Å²) in [6, 6.07) is 2.66. The van der Waals surface area contributed by atoms with E-state index in [2.05, 4.69) is 5.32 Å². The number of halogens is 2. The van der Waals surface area contributed by atoms with Crippen LogP contribution in [0.15, 0.2) is 12.1 Å². The van der Waals surface area contributed by atoms with Gasteiger partial charge in [-0.25, -0.2) is 0 Å². The van der Waals surface area contributed by atoms with E-state index in [4.69, 9.17) is 23.2 Å². The Balaban J connectivity index is 2.17. The molecule has 1 aliphatic rings. The molecule has 5 nitrogen and oxygen atoms in total. The number of hydrogen-bond donors (Lipinski definition) is 1. The molecule has 0 aliphatic carbocycles. The average Bonchev–Trinajstić information content (AvgIpc) is 2.64. The third-order valence-corrected chi connectivity index (χ3v) is 4.42. The molecule has 1 heterocycles. The molecule has 2 rings (SSSR count). The Bertz CT molecular complexity index is 617. The van der Waals surface area contributed by atoms with E-state index < -0.39 is 11.8 Å². The maximum absolute atomic E-state index is 12.2. The van der Waals surface area contributed by atoms with E-state index in [0.717, 1.165) is 4.90 Å². The van der Waals surface area contributed by atoms with Crippen molar-refractivity contribution in [1.82, 2.24) is 10.2 Å². The van der Waals surface area contributed by atoms with Crippen molar-refractivity contribution in [2.24, 2.45) is 5.92 Å². The number of hydrogen-bond acceptors (Lipinski definition) is 3. The van der Waals surface area contributed by atoms with Crippen molar-refractivity contribution in [3.05, 3.63) is 33.3 Å². The predicted molar refractivity (Wildman–Crippen MR) is 84.3 cm³/mol. The summed E-state index contributed by atoms with van der Waals surface area (Å²) >= 11 is 11.7. The van der Waals surface area contributed by atoms with Gasteiger partial charge in [0, 0.05) is 6.04 Å². The van der Waals surface area contributed by atoms with Gasteiger partial charge >= 0.3 is 0 Å². The molecule has 1 atom stereocenters. The number of nitrogens with one attached hydrogen (secondary N) is 1. The van der Waals surface area contributed by atoms with Gasteiger partial charge in [0.25, 0.3) is 11.8 Å². The zero-order valence-corrected chi connectivity index (χ0v) is 14.0. The molecule has 0 bridgehead atoms. The summed E-state index contributed by atoms with van der Waals surface area (Å²) in [4.78, 5) is 37.4. The zero-order valence-electron chi connectivity index (χ0n) is 12.4. The van der Waals surface area contributed by atoms with Gasteiger partial charge in [0.15, 0.2) is 0 Å². The number of rotatable bonds is 4. The number of nitrogens with zero attached hydrogens (tertiary/aromatic N) is 1. The Labute approximate surface area is 138 Å². The number of carbonyl (C=O) groups excluding carboxylic acids is 3. The van der Waals surface area contributed by atoms with E-state index >= 15 is 0 Å². The van der Waals surface area contributed by atoms with Gasteiger partial charge < -0.3 is 5.32 Å². The second kappa shape index (κ2) is 6.26. The number of imide groups is 1. The summed E-state index contributed by atoms with van der Waals surface area (Å²) < 4.78 is 0. The van der Waals surface area contributed by atoms with Crippen LogP contribution in [-0.2, 0) is 4.79 Å². The third kappa shape index (κ3) is 3.10. The number of fused-ring (bicyclic) bond motifs is 1. The lowest BCUT2D eigenvalue weighted by atomic mass is 10.1. The molecule has 1 aliphatic heterocycles. The molecular formula is C15H16Cl2N2O3. The van der Waals surface area contributed by atoms with E-state index in [9.17, 15) is 14.4 Å². The lowest BCUT2D eigenvalue weighted by molar-refractivity contribution is -0.122. The Kier molecular flexibility index (Phi) is 4.78. The summed E-state index contributed by atoms with van der Waals surface area (Å²) in [6.45, 7) is 5.48. The van der Waals surface area contributed by atoms with Gasteiger partial charge in [0.1, 0.15) is 6.54 Å². The SMILES string of the molecule is CC(C)C(C)NC(=O)CN1C(=O)c2cc(Cl)c(Cl)cc2C1=O. The van der Waals surface area contributed by atoms with Crippen LogP contribution >= 0.6 is 23.2 Å². The molecule has 22 heavy (non-hydrogen) atoms. The smallest absolute Gasteiger partial charge is 0.262 e.